The number of nitrogens with zero attached hydrogens (tertiary/aromatic N) is 4. The first-order valence-electron chi connectivity index (χ1n) is 14.0. The maximum atomic E-state index is 14.1. The average Bonchev–Trinajstić information content (AvgIpc) is 3.49. The molecule has 1 aliphatic rings. The molecule has 0 N–H and O–H groups in total. The van der Waals surface area contributed by atoms with E-state index in [0.29, 0.717) is 27.1 Å². The van der Waals surface area contributed by atoms with Crippen LogP contribution in [0.3, 0.4) is 0 Å². The zero-order valence-corrected chi connectivity index (χ0v) is 25.2. The Morgan fingerprint density at radius 1 is 1.07 bits per heavy atom. The standard InChI is InChI=1S/C34H31FN4O3S/c1-5-42-33(41)30-21(2)36-34-39(31(30)23-12-16-26(17-13-23)37(3)4)32(40)29(43-34)18-24-20-38(28-9-7-6-8-27(24)28)19-22-10-14-25(35)15-11-22/h6-18,20,31H,5,19H2,1-4H3/b29-18+/t31-/m1/s1. The summed E-state index contributed by atoms with van der Waals surface area (Å²) in [5.74, 6) is -0.756. The van der Waals surface area contributed by atoms with Crippen molar-refractivity contribution < 1.29 is 13.9 Å². The molecular formula is C34H31FN4O3S. The molecule has 7 nitrogen and oxygen atoms in total. The molecule has 218 valence electrons. The molecule has 0 saturated heterocycles. The molecule has 3 aromatic carbocycles. The minimum Gasteiger partial charge on any atom is -0.463 e. The first-order valence-corrected chi connectivity index (χ1v) is 14.9. The van der Waals surface area contributed by atoms with E-state index in [-0.39, 0.29) is 18.0 Å². The largest absolute Gasteiger partial charge is 0.463 e. The topological polar surface area (TPSA) is 68.8 Å². The molecule has 1 aliphatic heterocycles. The van der Waals surface area contributed by atoms with Crippen molar-refractivity contribution in [2.45, 2.75) is 26.4 Å². The quantitative estimate of drug-likeness (QED) is 0.249. The van der Waals surface area contributed by atoms with Gasteiger partial charge in [0.05, 0.1) is 28.5 Å². The monoisotopic (exact) mass is 594 g/mol. The maximum absolute atomic E-state index is 14.1. The van der Waals surface area contributed by atoms with Gasteiger partial charge >= 0.3 is 5.97 Å². The molecule has 0 bridgehead atoms. The van der Waals surface area contributed by atoms with Crippen LogP contribution in [0.25, 0.3) is 17.0 Å². The first-order chi connectivity index (χ1) is 20.7. The average molecular weight is 595 g/mol. The summed E-state index contributed by atoms with van der Waals surface area (Å²) in [6.07, 6.45) is 3.90. The predicted octanol–water partition coefficient (Wildman–Crippen LogP) is 5.01. The Balaban J connectivity index is 1.50. The van der Waals surface area contributed by atoms with Crippen LogP contribution in [-0.2, 0) is 16.1 Å². The molecule has 0 aliphatic carbocycles. The van der Waals surface area contributed by atoms with Crippen molar-refractivity contribution in [2.75, 3.05) is 25.6 Å². The number of thiazole rings is 1. The molecule has 3 heterocycles. The van der Waals surface area contributed by atoms with Crippen LogP contribution in [0.5, 0.6) is 0 Å². The lowest BCUT2D eigenvalue weighted by atomic mass is 9.95. The fourth-order valence-corrected chi connectivity index (χ4v) is 6.55. The van der Waals surface area contributed by atoms with Gasteiger partial charge in [-0.15, -0.1) is 0 Å². The number of carbonyl (C=O) groups excluding carboxylic acids is 1. The smallest absolute Gasteiger partial charge is 0.338 e. The van der Waals surface area contributed by atoms with Gasteiger partial charge in [-0.2, -0.15) is 0 Å². The van der Waals surface area contributed by atoms with Crippen LogP contribution in [0.1, 0.15) is 36.6 Å². The van der Waals surface area contributed by atoms with Crippen molar-refractivity contribution in [1.29, 1.82) is 0 Å². The first kappa shape index (κ1) is 28.4. The Bertz CT molecular complexity index is 2050. The van der Waals surface area contributed by atoms with Crippen LogP contribution in [-0.4, -0.2) is 35.8 Å². The van der Waals surface area contributed by atoms with E-state index in [2.05, 4.69) is 4.57 Å². The fraction of sp³-hybridized carbons (Fsp3) is 0.206. The highest BCUT2D eigenvalue weighted by atomic mass is 32.1. The molecule has 1 atom stereocenters. The number of rotatable bonds is 7. The van der Waals surface area contributed by atoms with Gasteiger partial charge in [-0.1, -0.05) is 53.8 Å². The van der Waals surface area contributed by atoms with E-state index in [4.69, 9.17) is 9.73 Å². The minimum absolute atomic E-state index is 0.217. The highest BCUT2D eigenvalue weighted by Gasteiger charge is 2.33. The number of hydrogen-bond donors (Lipinski definition) is 0. The van der Waals surface area contributed by atoms with Crippen LogP contribution < -0.4 is 19.8 Å². The lowest BCUT2D eigenvalue weighted by Crippen LogP contribution is -2.39. The van der Waals surface area contributed by atoms with Gasteiger partial charge in [0.25, 0.3) is 5.56 Å². The van der Waals surface area contributed by atoms with Crippen LogP contribution >= 0.6 is 11.3 Å². The molecule has 2 aromatic heterocycles. The van der Waals surface area contributed by atoms with Crippen molar-refractivity contribution >= 4 is 40.0 Å². The van der Waals surface area contributed by atoms with Crippen molar-refractivity contribution in [2.24, 2.45) is 4.99 Å². The number of para-hydroxylation sites is 1. The van der Waals surface area contributed by atoms with Gasteiger partial charge in [0.2, 0.25) is 0 Å². The second kappa shape index (κ2) is 11.5. The van der Waals surface area contributed by atoms with Gasteiger partial charge in [-0.3, -0.25) is 9.36 Å². The fourth-order valence-electron chi connectivity index (χ4n) is 5.51. The molecular weight excluding hydrogens is 563 g/mol. The number of anilines is 1. The van der Waals surface area contributed by atoms with Crippen LogP contribution in [0.2, 0.25) is 0 Å². The van der Waals surface area contributed by atoms with Crippen LogP contribution in [0.15, 0.2) is 100 Å². The van der Waals surface area contributed by atoms with Crippen LogP contribution in [0.4, 0.5) is 10.1 Å². The number of fused-ring (bicyclic) bond motifs is 2. The highest BCUT2D eigenvalue weighted by Crippen LogP contribution is 2.32. The molecule has 0 unspecified atom stereocenters. The third-order valence-electron chi connectivity index (χ3n) is 7.61. The van der Waals surface area contributed by atoms with Crippen molar-refractivity contribution in [3.63, 3.8) is 0 Å². The number of carbonyl (C=O) groups is 1. The predicted molar refractivity (Wildman–Crippen MR) is 169 cm³/mol. The molecule has 0 amide bonds. The molecule has 5 aromatic rings. The summed E-state index contributed by atoms with van der Waals surface area (Å²) in [6.45, 7) is 4.32. The normalized spacial score (nSPS) is 15.0. The lowest BCUT2D eigenvalue weighted by molar-refractivity contribution is -0.139. The van der Waals surface area contributed by atoms with E-state index < -0.39 is 12.0 Å². The summed E-state index contributed by atoms with van der Waals surface area (Å²) >= 11 is 1.30. The Kier molecular flexibility index (Phi) is 7.58. The van der Waals surface area contributed by atoms with Crippen molar-refractivity contribution in [3.05, 3.63) is 132 Å². The second-order valence-electron chi connectivity index (χ2n) is 10.6. The SMILES string of the molecule is CCOC(=O)C1=C(C)N=c2s/c(=C/c3cn(Cc4ccc(F)cc4)c4ccccc34)c(=O)n2[C@@H]1c1ccc(N(C)C)cc1. The second-order valence-corrected chi connectivity index (χ2v) is 11.7. The minimum atomic E-state index is -0.673. The van der Waals surface area contributed by atoms with E-state index in [9.17, 15) is 14.0 Å². The van der Waals surface area contributed by atoms with Crippen molar-refractivity contribution in [1.82, 2.24) is 9.13 Å². The molecule has 9 heteroatoms. The van der Waals surface area contributed by atoms with E-state index in [1.54, 1.807) is 30.5 Å². The Hall–Kier alpha value is -4.76. The van der Waals surface area contributed by atoms with Gasteiger partial charge in [-0.25, -0.2) is 14.2 Å². The highest BCUT2D eigenvalue weighted by molar-refractivity contribution is 7.07. The lowest BCUT2D eigenvalue weighted by Gasteiger charge is -2.25. The molecule has 0 saturated carbocycles. The number of halogens is 1. The molecule has 0 spiro atoms. The van der Waals surface area contributed by atoms with E-state index in [1.165, 1.54) is 23.5 Å². The molecule has 0 fully saturated rings. The Labute approximate surface area is 252 Å². The number of esters is 1. The van der Waals surface area contributed by atoms with E-state index in [1.807, 2.05) is 79.8 Å². The van der Waals surface area contributed by atoms with Gasteiger partial charge in [-0.05, 0) is 61.4 Å². The van der Waals surface area contributed by atoms with E-state index >= 15 is 0 Å². The summed E-state index contributed by atoms with van der Waals surface area (Å²) in [5.41, 5.74) is 5.32. The van der Waals surface area contributed by atoms with Gasteiger partial charge in [0.15, 0.2) is 4.80 Å². The van der Waals surface area contributed by atoms with Crippen molar-refractivity contribution in [3.8, 4) is 0 Å². The van der Waals surface area contributed by atoms with E-state index in [0.717, 1.165) is 33.3 Å². The summed E-state index contributed by atoms with van der Waals surface area (Å²) in [4.78, 5) is 34.6. The summed E-state index contributed by atoms with van der Waals surface area (Å²) in [5, 5.41) is 0.995. The summed E-state index contributed by atoms with van der Waals surface area (Å²) < 4.78 is 23.1. The third-order valence-corrected chi connectivity index (χ3v) is 8.60. The zero-order chi connectivity index (χ0) is 30.2. The Morgan fingerprint density at radius 2 is 1.79 bits per heavy atom. The molecule has 0 radical (unpaired) electrons. The zero-order valence-electron chi connectivity index (χ0n) is 24.4. The number of aromatic nitrogens is 2. The number of allylic oxidation sites excluding steroid dienone is 1. The number of ether oxygens (including phenoxy) is 1. The Morgan fingerprint density at radius 3 is 2.49 bits per heavy atom. The van der Waals surface area contributed by atoms with Gasteiger partial charge in [0.1, 0.15) is 5.82 Å². The van der Waals surface area contributed by atoms with Gasteiger partial charge in [0, 0.05) is 49.0 Å². The third kappa shape index (κ3) is 5.32. The molecule has 43 heavy (non-hydrogen) atoms. The van der Waals surface area contributed by atoms with Gasteiger partial charge < -0.3 is 14.2 Å². The summed E-state index contributed by atoms with van der Waals surface area (Å²) in [7, 11) is 3.92. The maximum Gasteiger partial charge on any atom is 0.338 e. The molecule has 6 rings (SSSR count). The number of hydrogen-bond acceptors (Lipinski definition) is 6. The van der Waals surface area contributed by atoms with Crippen LogP contribution in [0, 0.1) is 5.82 Å². The summed E-state index contributed by atoms with van der Waals surface area (Å²) in [6, 6.07) is 21.6. The number of benzene rings is 3.